The van der Waals surface area contributed by atoms with Gasteiger partial charge in [-0.25, -0.2) is 8.42 Å². The van der Waals surface area contributed by atoms with Crippen LogP contribution in [0.15, 0.2) is 71.6 Å². The fourth-order valence-electron chi connectivity index (χ4n) is 3.04. The Bertz CT molecular complexity index is 1220. The van der Waals surface area contributed by atoms with E-state index in [0.29, 0.717) is 0 Å². The van der Waals surface area contributed by atoms with Crippen molar-refractivity contribution in [1.29, 1.82) is 0 Å². The van der Waals surface area contributed by atoms with Gasteiger partial charge in [0.2, 0.25) is 5.91 Å². The van der Waals surface area contributed by atoms with Gasteiger partial charge in [-0.05, 0) is 48.4 Å². The van der Waals surface area contributed by atoms with E-state index in [2.05, 4.69) is 5.32 Å². The van der Waals surface area contributed by atoms with Crippen molar-refractivity contribution in [2.75, 3.05) is 18.0 Å². The molecule has 0 fully saturated rings. The van der Waals surface area contributed by atoms with Crippen LogP contribution in [0.4, 0.5) is 5.69 Å². The lowest BCUT2D eigenvalue weighted by Gasteiger charge is -2.25. The number of hydrogen-bond acceptors (Lipinski definition) is 4. The fourth-order valence-corrected chi connectivity index (χ4v) is 4.99. The Morgan fingerprint density at radius 2 is 1.72 bits per heavy atom. The Hall–Kier alpha value is -2.74. The van der Waals surface area contributed by atoms with Gasteiger partial charge in [0.15, 0.2) is 0 Å². The molecule has 0 aromatic heterocycles. The summed E-state index contributed by atoms with van der Waals surface area (Å²) in [5.74, 6) is -0.305. The Balaban J connectivity index is 1.98. The molecule has 6 nitrogen and oxygen atoms in total. The molecule has 0 unspecified atom stereocenters. The van der Waals surface area contributed by atoms with Crippen LogP contribution in [-0.4, -0.2) is 28.0 Å². The molecular weight excluding hydrogens is 471 g/mol. The number of rotatable bonds is 8. The van der Waals surface area contributed by atoms with Gasteiger partial charge in [-0.2, -0.15) is 0 Å². The minimum absolute atomic E-state index is 0.0538. The molecule has 1 amide bonds. The van der Waals surface area contributed by atoms with Crippen LogP contribution < -0.4 is 14.4 Å². The summed E-state index contributed by atoms with van der Waals surface area (Å²) in [5.41, 5.74) is 1.83. The van der Waals surface area contributed by atoms with Gasteiger partial charge in [0.25, 0.3) is 10.0 Å². The van der Waals surface area contributed by atoms with Crippen LogP contribution in [0.2, 0.25) is 10.0 Å². The normalized spacial score (nSPS) is 11.1. The number of methoxy groups -OCH3 is 1. The van der Waals surface area contributed by atoms with Crippen molar-refractivity contribution in [2.45, 2.75) is 18.4 Å². The van der Waals surface area contributed by atoms with E-state index < -0.39 is 22.5 Å². The van der Waals surface area contributed by atoms with Crippen molar-refractivity contribution in [3.05, 3.63) is 87.9 Å². The van der Waals surface area contributed by atoms with Crippen LogP contribution in [0.25, 0.3) is 0 Å². The van der Waals surface area contributed by atoms with Gasteiger partial charge in [0, 0.05) is 6.54 Å². The highest BCUT2D eigenvalue weighted by Crippen LogP contribution is 2.33. The molecule has 0 aliphatic heterocycles. The van der Waals surface area contributed by atoms with E-state index >= 15 is 0 Å². The van der Waals surface area contributed by atoms with Crippen LogP contribution >= 0.6 is 23.2 Å². The van der Waals surface area contributed by atoms with Crippen LogP contribution in [0.3, 0.4) is 0 Å². The maximum Gasteiger partial charge on any atom is 0.268 e. The van der Waals surface area contributed by atoms with Crippen molar-refractivity contribution in [3.8, 4) is 5.75 Å². The van der Waals surface area contributed by atoms with E-state index in [-0.39, 0.29) is 32.9 Å². The SMILES string of the molecule is COc1ccc(C)cc1S(=O)(=O)N(CC(=O)NCc1ccccc1)c1ccc(Cl)c(Cl)c1. The van der Waals surface area contributed by atoms with Crippen molar-refractivity contribution >= 4 is 44.8 Å². The van der Waals surface area contributed by atoms with Crippen molar-refractivity contribution in [1.82, 2.24) is 5.32 Å². The van der Waals surface area contributed by atoms with Gasteiger partial charge in [-0.1, -0.05) is 59.6 Å². The number of nitrogens with zero attached hydrogens (tertiary/aromatic N) is 1. The van der Waals surface area contributed by atoms with E-state index in [1.807, 2.05) is 30.3 Å². The predicted molar refractivity (Wildman–Crippen MR) is 127 cm³/mol. The van der Waals surface area contributed by atoms with Crippen LogP contribution in [0, 0.1) is 6.92 Å². The summed E-state index contributed by atoms with van der Waals surface area (Å²) in [6.07, 6.45) is 0. The number of aryl methyl sites for hydroxylation is 1. The van der Waals surface area contributed by atoms with Crippen molar-refractivity contribution < 1.29 is 17.9 Å². The number of sulfonamides is 1. The first-order valence-corrected chi connectivity index (χ1v) is 11.8. The third kappa shape index (κ3) is 5.54. The quantitative estimate of drug-likeness (QED) is 0.488. The van der Waals surface area contributed by atoms with Crippen LogP contribution in [-0.2, 0) is 21.4 Å². The lowest BCUT2D eigenvalue weighted by molar-refractivity contribution is -0.119. The lowest BCUT2D eigenvalue weighted by atomic mass is 10.2. The van der Waals surface area contributed by atoms with Gasteiger partial charge in [-0.3, -0.25) is 9.10 Å². The number of benzene rings is 3. The molecule has 0 saturated heterocycles. The Morgan fingerprint density at radius 1 is 1.00 bits per heavy atom. The Kier molecular flexibility index (Phi) is 7.66. The second-order valence-electron chi connectivity index (χ2n) is 7.03. The molecular formula is C23H22Cl2N2O4S. The van der Waals surface area contributed by atoms with Gasteiger partial charge < -0.3 is 10.1 Å². The largest absolute Gasteiger partial charge is 0.495 e. The summed E-state index contributed by atoms with van der Waals surface area (Å²) < 4.78 is 33.6. The summed E-state index contributed by atoms with van der Waals surface area (Å²) in [4.78, 5) is 12.7. The zero-order valence-corrected chi connectivity index (χ0v) is 19.8. The minimum atomic E-state index is -4.18. The van der Waals surface area contributed by atoms with Crippen molar-refractivity contribution in [3.63, 3.8) is 0 Å². The maximum atomic E-state index is 13.7. The highest BCUT2D eigenvalue weighted by molar-refractivity contribution is 7.93. The zero-order valence-electron chi connectivity index (χ0n) is 17.5. The lowest BCUT2D eigenvalue weighted by Crippen LogP contribution is -2.40. The minimum Gasteiger partial charge on any atom is -0.495 e. The van der Waals surface area contributed by atoms with E-state index in [9.17, 15) is 13.2 Å². The topological polar surface area (TPSA) is 75.7 Å². The third-order valence-electron chi connectivity index (χ3n) is 4.70. The van der Waals surface area contributed by atoms with E-state index in [1.54, 1.807) is 19.1 Å². The summed E-state index contributed by atoms with van der Waals surface area (Å²) in [6.45, 7) is 1.58. The van der Waals surface area contributed by atoms with E-state index in [1.165, 1.54) is 31.4 Å². The zero-order chi connectivity index (χ0) is 23.3. The second kappa shape index (κ2) is 10.3. The second-order valence-corrected chi connectivity index (χ2v) is 9.67. The smallest absolute Gasteiger partial charge is 0.268 e. The monoisotopic (exact) mass is 492 g/mol. The van der Waals surface area contributed by atoms with Crippen LogP contribution in [0.1, 0.15) is 11.1 Å². The van der Waals surface area contributed by atoms with E-state index in [4.69, 9.17) is 27.9 Å². The number of hydrogen-bond donors (Lipinski definition) is 1. The molecule has 0 aliphatic carbocycles. The molecule has 168 valence electrons. The van der Waals surface area contributed by atoms with Gasteiger partial charge in [-0.15, -0.1) is 0 Å². The number of ether oxygens (including phenoxy) is 1. The molecule has 3 aromatic carbocycles. The number of carbonyl (C=O) groups is 1. The molecule has 3 rings (SSSR count). The number of anilines is 1. The average molecular weight is 493 g/mol. The predicted octanol–water partition coefficient (Wildman–Crippen LogP) is 4.82. The Labute approximate surface area is 197 Å². The average Bonchev–Trinajstić information content (AvgIpc) is 2.78. The molecule has 0 spiro atoms. The first-order valence-electron chi connectivity index (χ1n) is 9.65. The fraction of sp³-hybridized carbons (Fsp3) is 0.174. The summed E-state index contributed by atoms with van der Waals surface area (Å²) in [7, 11) is -2.79. The molecule has 32 heavy (non-hydrogen) atoms. The molecule has 0 bridgehead atoms. The molecule has 3 aromatic rings. The number of nitrogens with one attached hydrogen (secondary N) is 1. The first-order chi connectivity index (χ1) is 15.2. The summed E-state index contributed by atoms with van der Waals surface area (Å²) >= 11 is 12.1. The molecule has 0 atom stereocenters. The number of halogens is 2. The molecule has 9 heteroatoms. The first kappa shape index (κ1) is 23.9. The molecule has 0 radical (unpaired) electrons. The standard InChI is InChI=1S/C23H22Cl2N2O4S/c1-16-8-11-21(31-2)22(12-16)32(29,30)27(18-9-10-19(24)20(25)13-18)15-23(28)26-14-17-6-4-3-5-7-17/h3-13H,14-15H2,1-2H3,(H,26,28). The number of amides is 1. The van der Waals surface area contributed by atoms with E-state index in [0.717, 1.165) is 15.4 Å². The third-order valence-corrected chi connectivity index (χ3v) is 7.23. The Morgan fingerprint density at radius 3 is 2.38 bits per heavy atom. The number of carbonyl (C=O) groups excluding carboxylic acids is 1. The molecule has 0 aliphatic rings. The molecule has 0 saturated carbocycles. The molecule has 1 N–H and O–H groups in total. The summed E-state index contributed by atoms with van der Waals surface area (Å²) in [5, 5.41) is 3.20. The highest BCUT2D eigenvalue weighted by atomic mass is 35.5. The van der Waals surface area contributed by atoms with Gasteiger partial charge >= 0.3 is 0 Å². The summed E-state index contributed by atoms with van der Waals surface area (Å²) in [6, 6.07) is 18.5. The van der Waals surface area contributed by atoms with Crippen LogP contribution in [0.5, 0.6) is 5.75 Å². The molecule has 0 heterocycles. The van der Waals surface area contributed by atoms with Gasteiger partial charge in [0.1, 0.15) is 17.2 Å². The maximum absolute atomic E-state index is 13.7. The van der Waals surface area contributed by atoms with Gasteiger partial charge in [0.05, 0.1) is 22.8 Å². The van der Waals surface area contributed by atoms with Crippen molar-refractivity contribution in [2.24, 2.45) is 0 Å². The highest BCUT2D eigenvalue weighted by Gasteiger charge is 2.30.